The van der Waals surface area contributed by atoms with Crippen molar-refractivity contribution in [2.45, 2.75) is 18.0 Å². The number of aromatic nitrogens is 4. The molecule has 0 radical (unpaired) electrons. The van der Waals surface area contributed by atoms with Crippen LogP contribution in [0.25, 0.3) is 16.7 Å². The van der Waals surface area contributed by atoms with Crippen molar-refractivity contribution in [1.82, 2.24) is 19.3 Å². The minimum Gasteiger partial charge on any atom is -0.322 e. The Morgan fingerprint density at radius 1 is 1.10 bits per heavy atom. The van der Waals surface area contributed by atoms with Gasteiger partial charge in [0.05, 0.1) is 22.6 Å². The molecule has 4 rings (SSSR count). The molecule has 0 unspecified atom stereocenters. The second-order valence-corrected chi connectivity index (χ2v) is 8.36. The first-order chi connectivity index (χ1) is 14.1. The number of halogens is 3. The zero-order valence-electron chi connectivity index (χ0n) is 15.8. The molecule has 1 N–H and O–H groups in total. The molecule has 3 heterocycles. The molecule has 3 aromatic heterocycles. The van der Waals surface area contributed by atoms with Crippen LogP contribution in [0.3, 0.4) is 0 Å². The van der Waals surface area contributed by atoms with Gasteiger partial charge in [0.15, 0.2) is 5.65 Å². The van der Waals surface area contributed by atoms with E-state index in [0.29, 0.717) is 16.7 Å². The number of alkyl halides is 3. The summed E-state index contributed by atoms with van der Waals surface area (Å²) in [4.78, 5) is 3.96. The number of rotatable bonds is 4. The van der Waals surface area contributed by atoms with E-state index in [1.165, 1.54) is 21.4 Å². The molecule has 0 aliphatic heterocycles. The molecule has 4 aromatic rings. The van der Waals surface area contributed by atoms with Gasteiger partial charge in [-0.15, -0.1) is 0 Å². The summed E-state index contributed by atoms with van der Waals surface area (Å²) in [6, 6.07) is 7.65. The van der Waals surface area contributed by atoms with Crippen molar-refractivity contribution in [2.24, 2.45) is 7.05 Å². The maximum Gasteiger partial charge on any atom is 0.416 e. The SMILES string of the molecule is Cc1nn(C)c2ncc(S(=O)(=O)Nc3cc(C(F)(F)F)ccc3-n3cccc3)cc12. The van der Waals surface area contributed by atoms with Crippen molar-refractivity contribution < 1.29 is 21.6 Å². The van der Waals surface area contributed by atoms with Gasteiger partial charge in [0.25, 0.3) is 10.0 Å². The van der Waals surface area contributed by atoms with E-state index in [1.807, 2.05) is 0 Å². The van der Waals surface area contributed by atoms with Gasteiger partial charge in [-0.25, -0.2) is 13.4 Å². The molecular weight excluding hydrogens is 419 g/mol. The summed E-state index contributed by atoms with van der Waals surface area (Å²) in [7, 11) is -2.54. The monoisotopic (exact) mass is 435 g/mol. The van der Waals surface area contributed by atoms with Gasteiger partial charge in [-0.1, -0.05) is 0 Å². The highest BCUT2D eigenvalue weighted by Crippen LogP contribution is 2.34. The quantitative estimate of drug-likeness (QED) is 0.527. The average molecular weight is 435 g/mol. The van der Waals surface area contributed by atoms with Crippen LogP contribution in [0.15, 0.2) is 59.9 Å². The molecule has 0 amide bonds. The summed E-state index contributed by atoms with van der Waals surface area (Å²) in [6.45, 7) is 1.71. The molecule has 0 bridgehead atoms. The van der Waals surface area contributed by atoms with Gasteiger partial charge in [0.1, 0.15) is 4.90 Å². The van der Waals surface area contributed by atoms with Crippen LogP contribution in [0.2, 0.25) is 0 Å². The van der Waals surface area contributed by atoms with Gasteiger partial charge >= 0.3 is 6.18 Å². The van der Waals surface area contributed by atoms with E-state index < -0.39 is 21.8 Å². The number of pyridine rings is 1. The molecule has 1 aromatic carbocycles. The van der Waals surface area contributed by atoms with Crippen LogP contribution in [0.4, 0.5) is 18.9 Å². The van der Waals surface area contributed by atoms with E-state index in [-0.39, 0.29) is 16.3 Å². The Bertz CT molecular complexity index is 1340. The lowest BCUT2D eigenvalue weighted by Gasteiger charge is -2.16. The lowest BCUT2D eigenvalue weighted by Crippen LogP contribution is -2.16. The predicted octanol–water partition coefficient (Wildman–Crippen LogP) is 3.89. The lowest BCUT2D eigenvalue weighted by atomic mass is 10.1. The number of anilines is 1. The summed E-state index contributed by atoms with van der Waals surface area (Å²) in [5, 5.41) is 4.73. The molecule has 0 saturated carbocycles. The molecular formula is C19H16F3N5O2S. The van der Waals surface area contributed by atoms with Gasteiger partial charge < -0.3 is 4.57 Å². The number of benzene rings is 1. The standard InChI is InChI=1S/C19H16F3N5O2S/c1-12-15-10-14(11-23-18(15)26(2)24-12)30(28,29)25-16-9-13(19(20,21)22)5-6-17(16)27-7-3-4-8-27/h3-11,25H,1-2H3. The highest BCUT2D eigenvalue weighted by Gasteiger charge is 2.32. The Labute approximate surface area is 169 Å². The maximum absolute atomic E-state index is 13.2. The number of nitrogens with one attached hydrogen (secondary N) is 1. The van der Waals surface area contributed by atoms with E-state index in [1.54, 1.807) is 38.5 Å². The van der Waals surface area contributed by atoms with E-state index >= 15 is 0 Å². The van der Waals surface area contributed by atoms with E-state index in [4.69, 9.17) is 0 Å². The fourth-order valence-electron chi connectivity index (χ4n) is 3.15. The van der Waals surface area contributed by atoms with Crippen molar-refractivity contribution in [1.29, 1.82) is 0 Å². The largest absolute Gasteiger partial charge is 0.416 e. The molecule has 0 fully saturated rings. The van der Waals surface area contributed by atoms with Crippen LogP contribution in [0.5, 0.6) is 0 Å². The molecule has 30 heavy (non-hydrogen) atoms. The van der Waals surface area contributed by atoms with Gasteiger partial charge in [-0.2, -0.15) is 18.3 Å². The number of hydrogen-bond acceptors (Lipinski definition) is 4. The van der Waals surface area contributed by atoms with Crippen molar-refractivity contribution in [3.8, 4) is 5.69 Å². The first-order valence-electron chi connectivity index (χ1n) is 8.73. The average Bonchev–Trinajstić information content (AvgIpc) is 3.29. The third-order valence-electron chi connectivity index (χ3n) is 4.60. The second kappa shape index (κ2) is 6.87. The van der Waals surface area contributed by atoms with Gasteiger partial charge in [-0.3, -0.25) is 9.40 Å². The first-order valence-corrected chi connectivity index (χ1v) is 10.2. The fourth-order valence-corrected chi connectivity index (χ4v) is 4.19. The lowest BCUT2D eigenvalue weighted by molar-refractivity contribution is -0.137. The Kier molecular flexibility index (Phi) is 4.57. The van der Waals surface area contributed by atoms with Gasteiger partial charge in [-0.05, 0) is 43.3 Å². The van der Waals surface area contributed by atoms with Gasteiger partial charge in [0.2, 0.25) is 0 Å². The fraction of sp³-hybridized carbons (Fsp3) is 0.158. The number of fused-ring (bicyclic) bond motifs is 1. The van der Waals surface area contributed by atoms with Gasteiger partial charge in [0, 0.05) is 31.0 Å². The molecule has 0 aliphatic rings. The zero-order chi connectivity index (χ0) is 21.7. The van der Waals surface area contributed by atoms with E-state index in [2.05, 4.69) is 14.8 Å². The molecule has 0 aliphatic carbocycles. The van der Waals surface area contributed by atoms with Crippen molar-refractivity contribution in [3.05, 3.63) is 66.2 Å². The number of aryl methyl sites for hydroxylation is 2. The molecule has 0 spiro atoms. The Morgan fingerprint density at radius 2 is 1.80 bits per heavy atom. The summed E-state index contributed by atoms with van der Waals surface area (Å²) in [6.07, 6.45) is -0.266. The minimum atomic E-state index is -4.62. The van der Waals surface area contributed by atoms with Crippen molar-refractivity contribution in [2.75, 3.05) is 4.72 Å². The highest BCUT2D eigenvalue weighted by atomic mass is 32.2. The van der Waals surface area contributed by atoms with Crippen molar-refractivity contribution >= 4 is 26.7 Å². The zero-order valence-corrected chi connectivity index (χ0v) is 16.7. The number of sulfonamides is 1. The Morgan fingerprint density at radius 3 is 2.47 bits per heavy atom. The maximum atomic E-state index is 13.2. The summed E-state index contributed by atoms with van der Waals surface area (Å²) >= 11 is 0. The Balaban J connectivity index is 1.81. The van der Waals surface area contributed by atoms with Crippen molar-refractivity contribution in [3.63, 3.8) is 0 Å². The van der Waals surface area contributed by atoms with E-state index in [0.717, 1.165) is 18.3 Å². The number of nitrogens with zero attached hydrogens (tertiary/aromatic N) is 4. The van der Waals surface area contributed by atoms with Crippen LogP contribution < -0.4 is 4.72 Å². The third kappa shape index (κ3) is 3.52. The summed E-state index contributed by atoms with van der Waals surface area (Å²) < 4.78 is 70.9. The normalized spacial score (nSPS) is 12.4. The molecule has 11 heteroatoms. The van der Waals surface area contributed by atoms with E-state index in [9.17, 15) is 21.6 Å². The van der Waals surface area contributed by atoms with Crippen LogP contribution in [-0.4, -0.2) is 27.7 Å². The molecule has 0 saturated heterocycles. The molecule has 7 nitrogen and oxygen atoms in total. The smallest absolute Gasteiger partial charge is 0.322 e. The third-order valence-corrected chi connectivity index (χ3v) is 5.93. The molecule has 0 atom stereocenters. The summed E-state index contributed by atoms with van der Waals surface area (Å²) in [5.41, 5.74) is 0.169. The first kappa shape index (κ1) is 20.0. The summed E-state index contributed by atoms with van der Waals surface area (Å²) in [5.74, 6) is 0. The van der Waals surface area contributed by atoms with Crippen LogP contribution in [0.1, 0.15) is 11.3 Å². The number of hydrogen-bond donors (Lipinski definition) is 1. The van der Waals surface area contributed by atoms with Crippen LogP contribution in [0, 0.1) is 6.92 Å². The Hall–Kier alpha value is -3.34. The predicted molar refractivity (Wildman–Crippen MR) is 105 cm³/mol. The minimum absolute atomic E-state index is 0.179. The highest BCUT2D eigenvalue weighted by molar-refractivity contribution is 7.92. The molecule has 156 valence electrons. The second-order valence-electron chi connectivity index (χ2n) is 6.68. The van der Waals surface area contributed by atoms with Crippen LogP contribution >= 0.6 is 0 Å². The van der Waals surface area contributed by atoms with Crippen LogP contribution in [-0.2, 0) is 23.2 Å². The topological polar surface area (TPSA) is 81.8 Å².